The average Bonchev–Trinajstić information content (AvgIpc) is 2.85. The van der Waals surface area contributed by atoms with E-state index in [9.17, 15) is 0 Å². The highest BCUT2D eigenvalue weighted by Gasteiger charge is 2.11. The quantitative estimate of drug-likeness (QED) is 0.779. The van der Waals surface area contributed by atoms with Gasteiger partial charge in [-0.25, -0.2) is 0 Å². The summed E-state index contributed by atoms with van der Waals surface area (Å²) in [5.41, 5.74) is 2.37. The van der Waals surface area contributed by atoms with Gasteiger partial charge in [0.25, 0.3) is 0 Å². The Hall–Kier alpha value is -0.970. The second kappa shape index (κ2) is 6.83. The molecule has 1 unspecified atom stereocenters. The summed E-state index contributed by atoms with van der Waals surface area (Å²) in [6.45, 7) is 3.93. The molecule has 1 N–H and O–H groups in total. The molecule has 18 heavy (non-hydrogen) atoms. The van der Waals surface area contributed by atoms with Gasteiger partial charge in [0.15, 0.2) is 0 Å². The van der Waals surface area contributed by atoms with Gasteiger partial charge < -0.3 is 10.1 Å². The van der Waals surface area contributed by atoms with Gasteiger partial charge in [0.1, 0.15) is 0 Å². The minimum Gasteiger partial charge on any atom is -0.385 e. The van der Waals surface area contributed by atoms with Gasteiger partial charge in [0.05, 0.1) is 10.2 Å². The van der Waals surface area contributed by atoms with Crippen molar-refractivity contribution in [3.63, 3.8) is 0 Å². The second-order valence-electron chi connectivity index (χ2n) is 4.32. The normalized spacial score (nSPS) is 13.0. The molecule has 2 aromatic heterocycles. The summed E-state index contributed by atoms with van der Waals surface area (Å²) >= 11 is 1.75. The Bertz CT molecular complexity index is 483. The smallest absolute Gasteiger partial charge is 0.0809 e. The van der Waals surface area contributed by atoms with Crippen LogP contribution < -0.4 is 5.32 Å². The molecule has 2 aromatic rings. The molecule has 0 saturated carbocycles. The molecule has 0 fully saturated rings. The fourth-order valence-electron chi connectivity index (χ4n) is 2.12. The molecular weight excluding hydrogens is 244 g/mol. The predicted octanol–water partition coefficient (Wildman–Crippen LogP) is 3.37. The fraction of sp³-hybridized carbons (Fsp3) is 0.500. The molecule has 4 heteroatoms. The minimum atomic E-state index is 0.379. The van der Waals surface area contributed by atoms with Crippen LogP contribution in [0.25, 0.3) is 10.2 Å². The molecule has 0 aliphatic carbocycles. The lowest BCUT2D eigenvalue weighted by molar-refractivity contribution is 0.189. The van der Waals surface area contributed by atoms with E-state index in [0.29, 0.717) is 6.04 Å². The summed E-state index contributed by atoms with van der Waals surface area (Å²) in [5.74, 6) is 0. The van der Waals surface area contributed by atoms with Gasteiger partial charge in [0.2, 0.25) is 0 Å². The van der Waals surface area contributed by atoms with Gasteiger partial charge in [-0.1, -0.05) is 6.92 Å². The van der Waals surface area contributed by atoms with Gasteiger partial charge in [-0.15, -0.1) is 11.3 Å². The SMILES string of the molecule is CCNC(CCCOC)c1cnc2ccsc2c1. The third kappa shape index (κ3) is 3.28. The van der Waals surface area contributed by atoms with Crippen molar-refractivity contribution in [1.82, 2.24) is 10.3 Å². The number of methoxy groups -OCH3 is 1. The third-order valence-corrected chi connectivity index (χ3v) is 3.87. The van der Waals surface area contributed by atoms with Crippen LogP contribution in [0.2, 0.25) is 0 Å². The zero-order chi connectivity index (χ0) is 12.8. The fourth-order valence-corrected chi connectivity index (χ4v) is 2.91. The van der Waals surface area contributed by atoms with Crippen molar-refractivity contribution in [2.75, 3.05) is 20.3 Å². The van der Waals surface area contributed by atoms with Crippen LogP contribution in [-0.2, 0) is 4.74 Å². The molecule has 0 aliphatic heterocycles. The van der Waals surface area contributed by atoms with Crippen LogP contribution in [0.1, 0.15) is 31.4 Å². The first-order chi connectivity index (χ1) is 8.85. The van der Waals surface area contributed by atoms with E-state index >= 15 is 0 Å². The number of rotatable bonds is 7. The van der Waals surface area contributed by atoms with E-state index < -0.39 is 0 Å². The monoisotopic (exact) mass is 264 g/mol. The van der Waals surface area contributed by atoms with Crippen LogP contribution in [0.15, 0.2) is 23.7 Å². The highest BCUT2D eigenvalue weighted by Crippen LogP contribution is 2.24. The number of aromatic nitrogens is 1. The van der Waals surface area contributed by atoms with Crippen molar-refractivity contribution < 1.29 is 4.74 Å². The van der Waals surface area contributed by atoms with Crippen LogP contribution in [-0.4, -0.2) is 25.2 Å². The van der Waals surface area contributed by atoms with Gasteiger partial charge in [-0.2, -0.15) is 0 Å². The van der Waals surface area contributed by atoms with Crippen molar-refractivity contribution in [3.05, 3.63) is 29.3 Å². The molecule has 0 radical (unpaired) electrons. The Balaban J connectivity index is 2.12. The predicted molar refractivity (Wildman–Crippen MR) is 77.1 cm³/mol. The largest absolute Gasteiger partial charge is 0.385 e. The maximum Gasteiger partial charge on any atom is 0.0809 e. The van der Waals surface area contributed by atoms with Crippen molar-refractivity contribution >= 4 is 21.6 Å². The first kappa shape index (κ1) is 13.5. The Kier molecular flexibility index (Phi) is 5.11. The van der Waals surface area contributed by atoms with E-state index in [2.05, 4.69) is 34.7 Å². The van der Waals surface area contributed by atoms with Crippen molar-refractivity contribution in [2.45, 2.75) is 25.8 Å². The maximum absolute atomic E-state index is 5.12. The Morgan fingerprint density at radius 2 is 2.39 bits per heavy atom. The Labute approximate surface area is 112 Å². The number of hydrogen-bond acceptors (Lipinski definition) is 4. The summed E-state index contributed by atoms with van der Waals surface area (Å²) in [6, 6.07) is 4.70. The number of nitrogens with one attached hydrogen (secondary N) is 1. The van der Waals surface area contributed by atoms with Gasteiger partial charge in [-0.05, 0) is 42.5 Å². The molecule has 0 spiro atoms. The van der Waals surface area contributed by atoms with Gasteiger partial charge >= 0.3 is 0 Å². The standard InChI is InChI=1S/C14H20N2OS/c1-3-15-12(5-4-7-17-2)11-9-14-13(16-10-11)6-8-18-14/h6,8-10,12,15H,3-5,7H2,1-2H3. The van der Waals surface area contributed by atoms with E-state index in [1.54, 1.807) is 18.4 Å². The van der Waals surface area contributed by atoms with E-state index in [1.807, 2.05) is 6.20 Å². The third-order valence-electron chi connectivity index (χ3n) is 3.02. The summed E-state index contributed by atoms with van der Waals surface area (Å²) in [4.78, 5) is 4.51. The molecule has 98 valence electrons. The number of ether oxygens (including phenoxy) is 1. The van der Waals surface area contributed by atoms with Crippen molar-refractivity contribution in [2.24, 2.45) is 0 Å². The van der Waals surface area contributed by atoms with E-state index in [-0.39, 0.29) is 0 Å². The summed E-state index contributed by atoms with van der Waals surface area (Å²) in [5, 5.41) is 5.62. The van der Waals surface area contributed by atoms with Crippen LogP contribution in [0.4, 0.5) is 0 Å². The molecule has 0 amide bonds. The van der Waals surface area contributed by atoms with Gasteiger partial charge in [0, 0.05) is 26.0 Å². The molecule has 2 rings (SSSR count). The van der Waals surface area contributed by atoms with E-state index in [1.165, 1.54) is 10.3 Å². The number of hydrogen-bond donors (Lipinski definition) is 1. The second-order valence-corrected chi connectivity index (χ2v) is 5.27. The van der Waals surface area contributed by atoms with E-state index in [4.69, 9.17) is 4.74 Å². The molecule has 0 saturated heterocycles. The Morgan fingerprint density at radius 3 is 3.17 bits per heavy atom. The number of pyridine rings is 1. The molecule has 3 nitrogen and oxygen atoms in total. The highest BCUT2D eigenvalue weighted by molar-refractivity contribution is 7.17. The number of thiophene rings is 1. The lowest BCUT2D eigenvalue weighted by atomic mass is 10.0. The zero-order valence-electron chi connectivity index (χ0n) is 11.0. The maximum atomic E-state index is 5.12. The van der Waals surface area contributed by atoms with Crippen LogP contribution in [0, 0.1) is 0 Å². The molecule has 0 aromatic carbocycles. The summed E-state index contributed by atoms with van der Waals surface area (Å²) in [6.07, 6.45) is 4.14. The Morgan fingerprint density at radius 1 is 1.50 bits per heavy atom. The topological polar surface area (TPSA) is 34.1 Å². The molecule has 2 heterocycles. The molecule has 1 atom stereocenters. The first-order valence-corrected chi connectivity index (χ1v) is 7.28. The minimum absolute atomic E-state index is 0.379. The van der Waals surface area contributed by atoms with Crippen LogP contribution >= 0.6 is 11.3 Å². The van der Waals surface area contributed by atoms with Crippen LogP contribution in [0.5, 0.6) is 0 Å². The number of fused-ring (bicyclic) bond motifs is 1. The highest BCUT2D eigenvalue weighted by atomic mass is 32.1. The first-order valence-electron chi connectivity index (χ1n) is 6.40. The van der Waals surface area contributed by atoms with E-state index in [0.717, 1.165) is 31.5 Å². The molecule has 0 aliphatic rings. The lowest BCUT2D eigenvalue weighted by Gasteiger charge is -2.17. The number of nitrogens with zero attached hydrogens (tertiary/aromatic N) is 1. The lowest BCUT2D eigenvalue weighted by Crippen LogP contribution is -2.21. The van der Waals surface area contributed by atoms with Crippen LogP contribution in [0.3, 0.4) is 0 Å². The molecule has 0 bridgehead atoms. The van der Waals surface area contributed by atoms with Crippen molar-refractivity contribution in [3.8, 4) is 0 Å². The molecular formula is C14H20N2OS. The van der Waals surface area contributed by atoms with Crippen molar-refractivity contribution in [1.29, 1.82) is 0 Å². The van der Waals surface area contributed by atoms with Gasteiger partial charge in [-0.3, -0.25) is 4.98 Å². The summed E-state index contributed by atoms with van der Waals surface area (Å²) in [7, 11) is 1.75. The zero-order valence-corrected chi connectivity index (χ0v) is 11.8. The summed E-state index contributed by atoms with van der Waals surface area (Å²) < 4.78 is 6.39. The average molecular weight is 264 g/mol.